The van der Waals surface area contributed by atoms with Crippen LogP contribution in [-0.2, 0) is 33.6 Å². The van der Waals surface area contributed by atoms with Crippen LogP contribution in [0.25, 0.3) is 0 Å². The third-order valence-corrected chi connectivity index (χ3v) is 3.55. The van der Waals surface area contributed by atoms with Crippen LogP contribution in [0.15, 0.2) is 9.98 Å². The van der Waals surface area contributed by atoms with Crippen LogP contribution in [0.4, 0.5) is 0 Å². The first kappa shape index (κ1) is 27.9. The Morgan fingerprint density at radius 2 is 1.25 bits per heavy atom. The predicted octanol–water partition coefficient (Wildman–Crippen LogP) is -2.95. The molecule has 14 heteroatoms. The molecule has 14 nitrogen and oxygen atoms in total. The standard InChI is InChI=1S/C18H25N7O7/c1-9(8-26)22-17(31)12(4)25-18(32)11(3)24-15(29)7-20-14(28)6-21-16(30)10(2)23-13(27)5-19/h5-12,19H,1-4H3,(H,22,31)(H,23,27)(H,24,29)(H,25,32)/t9-,10-,11-,12-/m0/s1. The molecule has 0 aromatic heterocycles. The van der Waals surface area contributed by atoms with Gasteiger partial charge < -0.3 is 31.5 Å². The number of aldehydes is 1. The molecule has 0 unspecified atom stereocenters. The Morgan fingerprint density at radius 3 is 1.81 bits per heavy atom. The van der Waals surface area contributed by atoms with Gasteiger partial charge in [-0.1, -0.05) is 0 Å². The SMILES string of the molecule is C[C@H](NC(=O)C=N)C(=O)N=CC(=O)N=CC(=O)N[C@@H](C)C(=O)N[C@@H](C)C(=O)N[C@@H](C)C=O. The van der Waals surface area contributed by atoms with E-state index in [2.05, 4.69) is 31.3 Å². The summed E-state index contributed by atoms with van der Waals surface area (Å²) >= 11 is 0. The lowest BCUT2D eigenvalue weighted by Gasteiger charge is -2.18. The van der Waals surface area contributed by atoms with Crippen molar-refractivity contribution in [1.29, 1.82) is 5.41 Å². The van der Waals surface area contributed by atoms with E-state index in [1.165, 1.54) is 27.7 Å². The zero-order valence-corrected chi connectivity index (χ0v) is 17.9. The molecule has 0 aliphatic heterocycles. The van der Waals surface area contributed by atoms with E-state index in [0.29, 0.717) is 24.9 Å². The zero-order valence-electron chi connectivity index (χ0n) is 17.9. The number of carbonyl (C=O) groups excluding carboxylic acids is 7. The van der Waals surface area contributed by atoms with Crippen molar-refractivity contribution < 1.29 is 33.6 Å². The van der Waals surface area contributed by atoms with Crippen LogP contribution < -0.4 is 21.3 Å². The molecule has 0 aromatic rings. The van der Waals surface area contributed by atoms with E-state index >= 15 is 0 Å². The summed E-state index contributed by atoms with van der Waals surface area (Å²) in [6.45, 7) is 5.46. The molecule has 0 aliphatic rings. The van der Waals surface area contributed by atoms with Gasteiger partial charge in [0.2, 0.25) is 11.8 Å². The molecule has 0 radical (unpaired) electrons. The van der Waals surface area contributed by atoms with Crippen LogP contribution in [0.2, 0.25) is 0 Å². The molecule has 174 valence electrons. The fourth-order valence-corrected chi connectivity index (χ4v) is 1.81. The Morgan fingerprint density at radius 1 is 0.719 bits per heavy atom. The second-order valence-corrected chi connectivity index (χ2v) is 6.46. The maximum absolute atomic E-state index is 12.0. The molecule has 0 heterocycles. The van der Waals surface area contributed by atoms with Gasteiger partial charge in [0.25, 0.3) is 23.6 Å². The van der Waals surface area contributed by atoms with E-state index in [4.69, 9.17) is 5.41 Å². The minimum Gasteiger partial charge on any atom is -0.345 e. The van der Waals surface area contributed by atoms with Gasteiger partial charge in [-0.25, -0.2) is 9.98 Å². The normalized spacial score (nSPS) is 14.5. The predicted molar refractivity (Wildman–Crippen MR) is 112 cm³/mol. The first-order valence-electron chi connectivity index (χ1n) is 9.24. The summed E-state index contributed by atoms with van der Waals surface area (Å²) in [5.41, 5.74) is 0. The average molecular weight is 451 g/mol. The van der Waals surface area contributed by atoms with E-state index in [1.54, 1.807) is 0 Å². The number of carbonyl (C=O) groups is 7. The van der Waals surface area contributed by atoms with Crippen LogP contribution in [0.1, 0.15) is 27.7 Å². The average Bonchev–Trinajstić information content (AvgIpc) is 2.75. The third kappa shape index (κ3) is 11.2. The van der Waals surface area contributed by atoms with Crippen LogP contribution in [-0.4, -0.2) is 84.5 Å². The lowest BCUT2D eigenvalue weighted by molar-refractivity contribution is -0.131. The number of hydrogen-bond acceptors (Lipinski definition) is 8. The number of nitrogens with zero attached hydrogens (tertiary/aromatic N) is 2. The molecule has 6 amide bonds. The molecular formula is C18H25N7O7. The highest BCUT2D eigenvalue weighted by atomic mass is 16.2. The fourth-order valence-electron chi connectivity index (χ4n) is 1.81. The summed E-state index contributed by atoms with van der Waals surface area (Å²) in [5, 5.41) is 15.8. The molecule has 0 saturated carbocycles. The first-order chi connectivity index (χ1) is 14.9. The number of nitrogens with one attached hydrogen (secondary N) is 5. The maximum atomic E-state index is 12.0. The van der Waals surface area contributed by atoms with Crippen LogP contribution in [0, 0.1) is 5.41 Å². The largest absolute Gasteiger partial charge is 0.345 e. The minimum atomic E-state index is -1.09. The maximum Gasteiger partial charge on any atom is 0.288 e. The number of aliphatic imine (C=N–C) groups is 2. The van der Waals surface area contributed by atoms with Crippen molar-refractivity contribution in [3.05, 3.63) is 0 Å². The second kappa shape index (κ2) is 14.0. The van der Waals surface area contributed by atoms with Crippen LogP contribution >= 0.6 is 0 Å². The van der Waals surface area contributed by atoms with E-state index in [-0.39, 0.29) is 0 Å². The van der Waals surface area contributed by atoms with Gasteiger partial charge in [0.1, 0.15) is 24.4 Å². The van der Waals surface area contributed by atoms with Crippen LogP contribution in [0.5, 0.6) is 0 Å². The molecular weight excluding hydrogens is 426 g/mol. The topological polar surface area (TPSA) is 216 Å². The van der Waals surface area contributed by atoms with E-state index in [9.17, 15) is 33.6 Å². The molecule has 0 aliphatic carbocycles. The summed E-state index contributed by atoms with van der Waals surface area (Å²) < 4.78 is 0. The molecule has 0 rings (SSSR count). The van der Waals surface area contributed by atoms with E-state index < -0.39 is 59.6 Å². The summed E-state index contributed by atoms with van der Waals surface area (Å²) in [5.74, 6) is -4.94. The summed E-state index contributed by atoms with van der Waals surface area (Å²) in [6, 6.07) is -3.86. The quantitative estimate of drug-likeness (QED) is 0.162. The first-order valence-corrected chi connectivity index (χ1v) is 9.24. The molecule has 0 aromatic carbocycles. The van der Waals surface area contributed by atoms with Crippen molar-refractivity contribution in [2.45, 2.75) is 51.9 Å². The van der Waals surface area contributed by atoms with Gasteiger partial charge in [0.15, 0.2) is 0 Å². The van der Waals surface area contributed by atoms with Gasteiger partial charge in [0, 0.05) is 0 Å². The van der Waals surface area contributed by atoms with Gasteiger partial charge in [0.05, 0.1) is 24.7 Å². The minimum absolute atomic E-state index is 0.465. The van der Waals surface area contributed by atoms with Crippen molar-refractivity contribution in [2.24, 2.45) is 9.98 Å². The summed E-state index contributed by atoms with van der Waals surface area (Å²) in [6.07, 6.45) is 2.10. The Labute approximate surface area is 183 Å². The second-order valence-electron chi connectivity index (χ2n) is 6.46. The smallest absolute Gasteiger partial charge is 0.288 e. The van der Waals surface area contributed by atoms with E-state index in [0.717, 1.165) is 0 Å². The van der Waals surface area contributed by atoms with Crippen LogP contribution in [0.3, 0.4) is 0 Å². The van der Waals surface area contributed by atoms with Crippen molar-refractivity contribution in [3.63, 3.8) is 0 Å². The lowest BCUT2D eigenvalue weighted by Crippen LogP contribution is -2.53. The van der Waals surface area contributed by atoms with Gasteiger partial charge in [-0.2, -0.15) is 0 Å². The Balaban J connectivity index is 4.62. The highest BCUT2D eigenvalue weighted by Gasteiger charge is 2.21. The number of hydrogen-bond donors (Lipinski definition) is 5. The molecule has 0 saturated heterocycles. The van der Waals surface area contributed by atoms with Gasteiger partial charge >= 0.3 is 0 Å². The molecule has 0 spiro atoms. The zero-order chi connectivity index (χ0) is 24.8. The third-order valence-electron chi connectivity index (χ3n) is 3.55. The molecule has 5 N–H and O–H groups in total. The molecule has 32 heavy (non-hydrogen) atoms. The lowest BCUT2D eigenvalue weighted by atomic mass is 10.2. The molecule has 0 bridgehead atoms. The molecule has 0 fully saturated rings. The van der Waals surface area contributed by atoms with Crippen molar-refractivity contribution in [3.8, 4) is 0 Å². The summed E-state index contributed by atoms with van der Waals surface area (Å²) in [7, 11) is 0. The monoisotopic (exact) mass is 451 g/mol. The van der Waals surface area contributed by atoms with Gasteiger partial charge in [-0.05, 0) is 27.7 Å². The number of rotatable bonds is 11. The van der Waals surface area contributed by atoms with Crippen molar-refractivity contribution in [1.82, 2.24) is 21.3 Å². The fraction of sp³-hybridized carbons (Fsp3) is 0.444. The highest BCUT2D eigenvalue weighted by molar-refractivity contribution is 6.36. The summed E-state index contributed by atoms with van der Waals surface area (Å²) in [4.78, 5) is 86.8. The Hall–Kier alpha value is -4.10. The highest BCUT2D eigenvalue weighted by Crippen LogP contribution is 1.89. The Kier molecular flexibility index (Phi) is 12.2. The van der Waals surface area contributed by atoms with Crippen molar-refractivity contribution in [2.75, 3.05) is 0 Å². The van der Waals surface area contributed by atoms with E-state index in [1.807, 2.05) is 0 Å². The molecule has 4 atom stereocenters. The van der Waals surface area contributed by atoms with Crippen molar-refractivity contribution >= 4 is 60.4 Å². The van der Waals surface area contributed by atoms with Gasteiger partial charge in [-0.3, -0.25) is 28.8 Å². The van der Waals surface area contributed by atoms with Gasteiger partial charge in [-0.15, -0.1) is 0 Å². The number of amides is 6. The Bertz CT molecular complexity index is 838.